The number of guanidine groups is 1. The SMILES string of the molecule is CN=C(NCCCOCC1CCOC1)NCCOc1ccc(Cl)cc1.I. The quantitative estimate of drug-likeness (QED) is 0.225. The van der Waals surface area contributed by atoms with Gasteiger partial charge in [0, 0.05) is 37.7 Å². The van der Waals surface area contributed by atoms with Gasteiger partial charge in [0.2, 0.25) is 0 Å². The first kappa shape index (κ1) is 23.3. The lowest BCUT2D eigenvalue weighted by atomic mass is 10.1. The van der Waals surface area contributed by atoms with Gasteiger partial charge in [-0.3, -0.25) is 4.99 Å². The molecule has 1 unspecified atom stereocenters. The van der Waals surface area contributed by atoms with Gasteiger partial charge in [-0.1, -0.05) is 11.6 Å². The van der Waals surface area contributed by atoms with E-state index in [1.54, 1.807) is 7.05 Å². The van der Waals surface area contributed by atoms with Gasteiger partial charge in [-0.05, 0) is 37.1 Å². The molecular weight excluding hydrogens is 469 g/mol. The van der Waals surface area contributed by atoms with Gasteiger partial charge >= 0.3 is 0 Å². The molecule has 0 saturated carbocycles. The van der Waals surface area contributed by atoms with Crippen molar-refractivity contribution in [3.8, 4) is 5.75 Å². The zero-order valence-corrected chi connectivity index (χ0v) is 18.3. The average Bonchev–Trinajstić information content (AvgIpc) is 3.14. The Labute approximate surface area is 178 Å². The standard InChI is InChI=1S/C18H28ClN3O3.HI/c1-20-18(21-8-2-10-23-13-15-7-11-24-14-15)22-9-12-25-17-5-3-16(19)4-6-17;/h3-6,15H,2,7-14H2,1H3,(H2,20,21,22);1H. The highest BCUT2D eigenvalue weighted by Gasteiger charge is 2.15. The van der Waals surface area contributed by atoms with Crippen molar-refractivity contribution < 1.29 is 14.2 Å². The number of benzene rings is 1. The van der Waals surface area contributed by atoms with Crippen molar-refractivity contribution in [2.24, 2.45) is 10.9 Å². The van der Waals surface area contributed by atoms with E-state index in [0.29, 0.717) is 24.1 Å². The van der Waals surface area contributed by atoms with Gasteiger partial charge in [-0.2, -0.15) is 0 Å². The number of nitrogens with zero attached hydrogens (tertiary/aromatic N) is 1. The van der Waals surface area contributed by atoms with Crippen molar-refractivity contribution in [1.82, 2.24) is 10.6 Å². The van der Waals surface area contributed by atoms with Gasteiger partial charge in [0.25, 0.3) is 0 Å². The molecule has 1 atom stereocenters. The average molecular weight is 498 g/mol. The van der Waals surface area contributed by atoms with E-state index >= 15 is 0 Å². The first-order chi connectivity index (χ1) is 12.3. The Hall–Kier alpha value is -0.770. The highest BCUT2D eigenvalue weighted by Crippen LogP contribution is 2.15. The van der Waals surface area contributed by atoms with Crippen molar-refractivity contribution in [3.63, 3.8) is 0 Å². The minimum absolute atomic E-state index is 0. The second-order valence-electron chi connectivity index (χ2n) is 5.89. The van der Waals surface area contributed by atoms with Crippen LogP contribution in [0, 0.1) is 5.92 Å². The monoisotopic (exact) mass is 497 g/mol. The van der Waals surface area contributed by atoms with Crippen molar-refractivity contribution in [2.75, 3.05) is 53.2 Å². The second-order valence-corrected chi connectivity index (χ2v) is 6.32. The van der Waals surface area contributed by atoms with Gasteiger partial charge in [0.1, 0.15) is 12.4 Å². The predicted molar refractivity (Wildman–Crippen MR) is 116 cm³/mol. The molecule has 0 aromatic heterocycles. The maximum Gasteiger partial charge on any atom is 0.191 e. The third-order valence-electron chi connectivity index (χ3n) is 3.84. The second kappa shape index (κ2) is 14.3. The first-order valence-electron chi connectivity index (χ1n) is 8.76. The van der Waals surface area contributed by atoms with Crippen LogP contribution in [0.25, 0.3) is 0 Å². The molecular formula is C18H29ClIN3O3. The third kappa shape index (κ3) is 9.80. The van der Waals surface area contributed by atoms with E-state index in [4.69, 9.17) is 25.8 Å². The fourth-order valence-electron chi connectivity index (χ4n) is 2.44. The molecule has 1 aliphatic rings. The third-order valence-corrected chi connectivity index (χ3v) is 4.09. The van der Waals surface area contributed by atoms with E-state index in [-0.39, 0.29) is 24.0 Å². The summed E-state index contributed by atoms with van der Waals surface area (Å²) in [5.41, 5.74) is 0. The van der Waals surface area contributed by atoms with Crippen LogP contribution in [0.5, 0.6) is 5.75 Å². The Morgan fingerprint density at radius 3 is 2.69 bits per heavy atom. The molecule has 8 heteroatoms. The molecule has 0 amide bonds. The molecule has 1 aromatic rings. The largest absolute Gasteiger partial charge is 0.492 e. The van der Waals surface area contributed by atoms with Crippen molar-refractivity contribution in [3.05, 3.63) is 29.3 Å². The molecule has 26 heavy (non-hydrogen) atoms. The summed E-state index contributed by atoms with van der Waals surface area (Å²) < 4.78 is 16.6. The van der Waals surface area contributed by atoms with E-state index in [9.17, 15) is 0 Å². The van der Waals surface area contributed by atoms with E-state index in [1.807, 2.05) is 24.3 Å². The summed E-state index contributed by atoms with van der Waals surface area (Å²) in [7, 11) is 1.76. The predicted octanol–water partition coefficient (Wildman–Crippen LogP) is 2.95. The highest BCUT2D eigenvalue weighted by atomic mass is 127. The number of ether oxygens (including phenoxy) is 3. The van der Waals surface area contributed by atoms with Gasteiger partial charge in [-0.15, -0.1) is 24.0 Å². The summed E-state index contributed by atoms with van der Waals surface area (Å²) in [6, 6.07) is 7.33. The molecule has 148 valence electrons. The Balaban J connectivity index is 0.00000338. The number of hydrogen-bond acceptors (Lipinski definition) is 4. The molecule has 1 fully saturated rings. The van der Waals surface area contributed by atoms with Crippen molar-refractivity contribution in [1.29, 1.82) is 0 Å². The van der Waals surface area contributed by atoms with Crippen molar-refractivity contribution in [2.45, 2.75) is 12.8 Å². The van der Waals surface area contributed by atoms with Crippen LogP contribution in [0.4, 0.5) is 0 Å². The topological polar surface area (TPSA) is 64.1 Å². The minimum Gasteiger partial charge on any atom is -0.492 e. The minimum atomic E-state index is 0. The van der Waals surface area contributed by atoms with Gasteiger partial charge in [0.05, 0.1) is 19.8 Å². The van der Waals surface area contributed by atoms with E-state index in [2.05, 4.69) is 15.6 Å². The Morgan fingerprint density at radius 2 is 2.00 bits per heavy atom. The summed E-state index contributed by atoms with van der Waals surface area (Å²) >= 11 is 5.84. The molecule has 1 aliphatic heterocycles. The van der Waals surface area contributed by atoms with Crippen LogP contribution in [0.1, 0.15) is 12.8 Å². The molecule has 1 aromatic carbocycles. The number of hydrogen-bond donors (Lipinski definition) is 2. The summed E-state index contributed by atoms with van der Waals surface area (Å²) in [5, 5.41) is 7.19. The molecule has 0 bridgehead atoms. The lowest BCUT2D eigenvalue weighted by Crippen LogP contribution is -2.39. The van der Waals surface area contributed by atoms with Crippen LogP contribution in [-0.4, -0.2) is 59.1 Å². The maximum atomic E-state index is 5.84. The number of aliphatic imine (C=N–C) groups is 1. The molecule has 1 saturated heterocycles. The summed E-state index contributed by atoms with van der Waals surface area (Å²) in [6.07, 6.45) is 2.06. The van der Waals surface area contributed by atoms with E-state index in [1.165, 1.54) is 0 Å². The molecule has 6 nitrogen and oxygen atoms in total. The summed E-state index contributed by atoms with van der Waals surface area (Å²) in [5.74, 6) is 2.14. The normalized spacial score (nSPS) is 16.8. The lowest BCUT2D eigenvalue weighted by molar-refractivity contribution is 0.0888. The van der Waals surface area contributed by atoms with Gasteiger partial charge < -0.3 is 24.8 Å². The Bertz CT molecular complexity index is 511. The molecule has 0 radical (unpaired) electrons. The van der Waals surface area contributed by atoms with E-state index < -0.39 is 0 Å². The highest BCUT2D eigenvalue weighted by molar-refractivity contribution is 14.0. The van der Waals surface area contributed by atoms with E-state index in [0.717, 1.165) is 57.5 Å². The number of rotatable bonds is 10. The van der Waals surface area contributed by atoms with Gasteiger partial charge in [-0.25, -0.2) is 0 Å². The Kier molecular flexibility index (Phi) is 12.8. The smallest absolute Gasteiger partial charge is 0.191 e. The van der Waals surface area contributed by atoms with Crippen LogP contribution < -0.4 is 15.4 Å². The molecule has 1 heterocycles. The first-order valence-corrected chi connectivity index (χ1v) is 9.14. The van der Waals surface area contributed by atoms with Crippen molar-refractivity contribution >= 4 is 41.5 Å². The van der Waals surface area contributed by atoms with Crippen LogP contribution in [0.15, 0.2) is 29.3 Å². The lowest BCUT2D eigenvalue weighted by Gasteiger charge is -2.13. The van der Waals surface area contributed by atoms with Crippen LogP contribution in [-0.2, 0) is 9.47 Å². The van der Waals surface area contributed by atoms with Crippen LogP contribution >= 0.6 is 35.6 Å². The zero-order valence-electron chi connectivity index (χ0n) is 15.2. The summed E-state index contributed by atoms with van der Waals surface area (Å²) in [4.78, 5) is 4.19. The van der Waals surface area contributed by atoms with Gasteiger partial charge in [0.15, 0.2) is 5.96 Å². The number of nitrogens with one attached hydrogen (secondary N) is 2. The summed E-state index contributed by atoms with van der Waals surface area (Å²) in [6.45, 7) is 5.30. The zero-order chi connectivity index (χ0) is 17.7. The molecule has 2 rings (SSSR count). The molecule has 2 N–H and O–H groups in total. The van der Waals surface area contributed by atoms with Crippen LogP contribution in [0.3, 0.4) is 0 Å². The van der Waals surface area contributed by atoms with Crippen LogP contribution in [0.2, 0.25) is 5.02 Å². The fourth-order valence-corrected chi connectivity index (χ4v) is 2.56. The fraction of sp³-hybridized carbons (Fsp3) is 0.611. The molecule has 0 aliphatic carbocycles. The number of halogens is 2. The maximum absolute atomic E-state index is 5.84. The molecule has 0 spiro atoms. The Morgan fingerprint density at radius 1 is 1.23 bits per heavy atom.